The Balaban J connectivity index is 1.66. The predicted molar refractivity (Wildman–Crippen MR) is 117 cm³/mol. The molecule has 1 atom stereocenters. The Hall–Kier alpha value is -3.05. The standard InChI is InChI=1S/C24H20N2O2S/c1-17-8-7-11-19(14-17)26-22(27)16-29-24(26)20-12-5-6-13-21(20)25(23(24)28)15-18-9-3-2-4-10-18/h2-14H,15-16H2,1H3. The van der Waals surface area contributed by atoms with Gasteiger partial charge in [-0.3, -0.25) is 14.5 Å². The van der Waals surface area contributed by atoms with E-state index in [-0.39, 0.29) is 17.6 Å². The molecular formula is C24H20N2O2S. The van der Waals surface area contributed by atoms with Gasteiger partial charge in [-0.2, -0.15) is 0 Å². The van der Waals surface area contributed by atoms with Gasteiger partial charge in [0.25, 0.3) is 5.91 Å². The molecule has 1 saturated heterocycles. The van der Waals surface area contributed by atoms with E-state index in [1.165, 1.54) is 11.8 Å². The average Bonchev–Trinajstić information content (AvgIpc) is 3.20. The van der Waals surface area contributed by atoms with Crippen LogP contribution in [0.25, 0.3) is 0 Å². The van der Waals surface area contributed by atoms with Crippen LogP contribution >= 0.6 is 11.8 Å². The maximum atomic E-state index is 13.9. The average molecular weight is 401 g/mol. The van der Waals surface area contributed by atoms with Gasteiger partial charge in [0.15, 0.2) is 0 Å². The molecule has 0 bridgehead atoms. The molecule has 4 nitrogen and oxygen atoms in total. The highest BCUT2D eigenvalue weighted by atomic mass is 32.2. The molecule has 2 amide bonds. The minimum Gasteiger partial charge on any atom is -0.304 e. The van der Waals surface area contributed by atoms with Gasteiger partial charge < -0.3 is 4.90 Å². The largest absolute Gasteiger partial charge is 0.304 e. The molecule has 0 N–H and O–H groups in total. The molecule has 0 aromatic heterocycles. The second kappa shape index (κ2) is 6.78. The number of thioether (sulfide) groups is 1. The molecule has 5 heteroatoms. The van der Waals surface area contributed by atoms with Gasteiger partial charge in [-0.05, 0) is 36.2 Å². The Morgan fingerprint density at radius 2 is 1.69 bits per heavy atom. The van der Waals surface area contributed by atoms with Gasteiger partial charge in [-0.1, -0.05) is 60.7 Å². The number of aryl methyl sites for hydroxylation is 1. The van der Waals surface area contributed by atoms with E-state index in [0.29, 0.717) is 6.54 Å². The maximum absolute atomic E-state index is 13.9. The van der Waals surface area contributed by atoms with E-state index >= 15 is 0 Å². The smallest absolute Gasteiger partial charge is 0.269 e. The van der Waals surface area contributed by atoms with E-state index in [1.807, 2.05) is 90.7 Å². The zero-order chi connectivity index (χ0) is 20.0. The highest BCUT2D eigenvalue weighted by Crippen LogP contribution is 2.55. The Kier molecular flexibility index (Phi) is 4.21. The number of rotatable bonds is 3. The second-order valence-corrected chi connectivity index (χ2v) is 8.56. The molecule has 1 fully saturated rings. The van der Waals surface area contributed by atoms with Crippen LogP contribution in [0.15, 0.2) is 78.9 Å². The third kappa shape index (κ3) is 2.69. The normalized spacial score (nSPS) is 20.6. The Bertz CT molecular complexity index is 1110. The number of carbonyl (C=O) groups is 2. The van der Waals surface area contributed by atoms with Crippen LogP contribution in [0.5, 0.6) is 0 Å². The van der Waals surface area contributed by atoms with Gasteiger partial charge in [-0.25, -0.2) is 0 Å². The first-order chi connectivity index (χ1) is 14.1. The summed E-state index contributed by atoms with van der Waals surface area (Å²) in [6, 6.07) is 25.6. The van der Waals surface area contributed by atoms with Crippen molar-refractivity contribution in [3.05, 3.63) is 95.6 Å². The van der Waals surface area contributed by atoms with Crippen LogP contribution in [0.3, 0.4) is 0 Å². The van der Waals surface area contributed by atoms with Gasteiger partial charge in [0.1, 0.15) is 0 Å². The molecule has 1 unspecified atom stereocenters. The van der Waals surface area contributed by atoms with Gasteiger partial charge >= 0.3 is 0 Å². The Labute approximate surface area is 174 Å². The molecule has 5 rings (SSSR count). The molecule has 144 valence electrons. The third-order valence-electron chi connectivity index (χ3n) is 5.51. The van der Waals surface area contributed by atoms with E-state index in [9.17, 15) is 9.59 Å². The fourth-order valence-corrected chi connectivity index (χ4v) is 5.60. The summed E-state index contributed by atoms with van der Waals surface area (Å²) >= 11 is 1.42. The lowest BCUT2D eigenvalue weighted by Crippen LogP contribution is -2.49. The van der Waals surface area contributed by atoms with Crippen molar-refractivity contribution in [1.29, 1.82) is 0 Å². The number of hydrogen-bond donors (Lipinski definition) is 0. The molecule has 1 spiro atoms. The second-order valence-electron chi connectivity index (χ2n) is 7.39. The van der Waals surface area contributed by atoms with Crippen molar-refractivity contribution in [3.8, 4) is 0 Å². The van der Waals surface area contributed by atoms with Crippen molar-refractivity contribution >= 4 is 35.0 Å². The Morgan fingerprint density at radius 3 is 2.48 bits per heavy atom. The number of hydrogen-bond acceptors (Lipinski definition) is 3. The van der Waals surface area contributed by atoms with E-state index < -0.39 is 4.87 Å². The summed E-state index contributed by atoms with van der Waals surface area (Å²) in [5, 5.41) is 0. The van der Waals surface area contributed by atoms with Crippen LogP contribution in [0.4, 0.5) is 11.4 Å². The van der Waals surface area contributed by atoms with Crippen LogP contribution in [0, 0.1) is 6.92 Å². The van der Waals surface area contributed by atoms with Crippen molar-refractivity contribution in [2.75, 3.05) is 15.6 Å². The van der Waals surface area contributed by atoms with Gasteiger partial charge in [0.05, 0.1) is 18.0 Å². The molecule has 2 aliphatic rings. The van der Waals surface area contributed by atoms with Crippen LogP contribution in [0.1, 0.15) is 16.7 Å². The molecule has 3 aromatic rings. The fourth-order valence-electron chi connectivity index (χ4n) is 4.25. The number of anilines is 2. The first kappa shape index (κ1) is 18.0. The van der Waals surface area contributed by atoms with Crippen molar-refractivity contribution in [2.24, 2.45) is 0 Å². The van der Waals surface area contributed by atoms with Gasteiger partial charge in [0, 0.05) is 11.3 Å². The van der Waals surface area contributed by atoms with E-state index in [2.05, 4.69) is 0 Å². The zero-order valence-corrected chi connectivity index (χ0v) is 16.9. The van der Waals surface area contributed by atoms with Crippen LogP contribution in [-0.2, 0) is 21.0 Å². The maximum Gasteiger partial charge on any atom is 0.269 e. The van der Waals surface area contributed by atoms with Crippen LogP contribution < -0.4 is 9.80 Å². The van der Waals surface area contributed by atoms with Crippen molar-refractivity contribution < 1.29 is 9.59 Å². The first-order valence-corrected chi connectivity index (χ1v) is 10.6. The van der Waals surface area contributed by atoms with Crippen molar-refractivity contribution in [2.45, 2.75) is 18.3 Å². The number of amides is 2. The van der Waals surface area contributed by atoms with E-state index in [4.69, 9.17) is 0 Å². The summed E-state index contributed by atoms with van der Waals surface area (Å²) in [7, 11) is 0. The number of nitrogens with zero attached hydrogens (tertiary/aromatic N) is 2. The summed E-state index contributed by atoms with van der Waals surface area (Å²) in [4.78, 5) is 29.4. The molecule has 0 saturated carbocycles. The van der Waals surface area contributed by atoms with E-state index in [0.717, 1.165) is 28.1 Å². The predicted octanol–water partition coefficient (Wildman–Crippen LogP) is 4.47. The Morgan fingerprint density at radius 1 is 0.931 bits per heavy atom. The number of fused-ring (bicyclic) bond motifs is 2. The molecule has 0 aliphatic carbocycles. The highest BCUT2D eigenvalue weighted by Gasteiger charge is 2.60. The minimum absolute atomic E-state index is 0.0367. The molecule has 2 aliphatic heterocycles. The summed E-state index contributed by atoms with van der Waals surface area (Å²) < 4.78 is 0. The SMILES string of the molecule is Cc1cccc(N2C(=O)CSC23C(=O)N(Cc2ccccc2)c2ccccc23)c1. The van der Waals surface area contributed by atoms with E-state index in [1.54, 1.807) is 4.90 Å². The summed E-state index contributed by atoms with van der Waals surface area (Å²) in [6.45, 7) is 2.48. The zero-order valence-electron chi connectivity index (χ0n) is 16.0. The van der Waals surface area contributed by atoms with Gasteiger partial charge in [0.2, 0.25) is 10.8 Å². The van der Waals surface area contributed by atoms with Crippen LogP contribution in [0.2, 0.25) is 0 Å². The fraction of sp³-hybridized carbons (Fsp3) is 0.167. The minimum atomic E-state index is -1.05. The van der Waals surface area contributed by atoms with Crippen molar-refractivity contribution in [3.63, 3.8) is 0 Å². The highest BCUT2D eigenvalue weighted by molar-refractivity contribution is 8.02. The number of carbonyl (C=O) groups excluding carboxylic acids is 2. The van der Waals surface area contributed by atoms with Crippen LogP contribution in [-0.4, -0.2) is 17.6 Å². The van der Waals surface area contributed by atoms with Crippen molar-refractivity contribution in [1.82, 2.24) is 0 Å². The topological polar surface area (TPSA) is 40.6 Å². The lowest BCUT2D eigenvalue weighted by molar-refractivity contribution is -0.123. The molecular weight excluding hydrogens is 380 g/mol. The number of para-hydroxylation sites is 1. The summed E-state index contributed by atoms with van der Waals surface area (Å²) in [5.74, 6) is 0.193. The first-order valence-electron chi connectivity index (χ1n) is 9.60. The molecule has 2 heterocycles. The summed E-state index contributed by atoms with van der Waals surface area (Å²) in [6.07, 6.45) is 0. The number of benzene rings is 3. The lowest BCUT2D eigenvalue weighted by Gasteiger charge is -2.33. The molecule has 0 radical (unpaired) electrons. The molecule has 29 heavy (non-hydrogen) atoms. The summed E-state index contributed by atoms with van der Waals surface area (Å²) in [5.41, 5.74) is 4.65. The van der Waals surface area contributed by atoms with Gasteiger partial charge in [-0.15, -0.1) is 11.8 Å². The monoisotopic (exact) mass is 400 g/mol. The quantitative estimate of drug-likeness (QED) is 0.651. The lowest BCUT2D eigenvalue weighted by atomic mass is 10.0. The molecule has 3 aromatic carbocycles. The third-order valence-corrected chi connectivity index (χ3v) is 6.89.